The maximum Gasteiger partial charge on any atom is 0.294 e. The molecule has 1 aliphatic heterocycles. The van der Waals surface area contributed by atoms with Gasteiger partial charge in [-0.15, -0.1) is 0 Å². The summed E-state index contributed by atoms with van der Waals surface area (Å²) in [6.07, 6.45) is 0. The van der Waals surface area contributed by atoms with Crippen molar-refractivity contribution in [3.05, 3.63) is 104 Å². The summed E-state index contributed by atoms with van der Waals surface area (Å²) >= 11 is 6.27. The van der Waals surface area contributed by atoms with Gasteiger partial charge in [-0.3, -0.25) is 19.7 Å². The van der Waals surface area contributed by atoms with Crippen LogP contribution in [0.3, 0.4) is 0 Å². The summed E-state index contributed by atoms with van der Waals surface area (Å²) in [7, 11) is 0. The van der Waals surface area contributed by atoms with Crippen LogP contribution in [-0.2, 0) is 0 Å². The van der Waals surface area contributed by atoms with Gasteiger partial charge in [-0.05, 0) is 49.2 Å². The number of hydrogen-bond acceptors (Lipinski definition) is 5. The summed E-state index contributed by atoms with van der Waals surface area (Å²) in [6.45, 7) is 3.68. The number of para-hydroxylation sites is 1. The first kappa shape index (κ1) is 21.6. The summed E-state index contributed by atoms with van der Waals surface area (Å²) in [5.41, 5.74) is 2.83. The molecular formula is C26H18ClN3O4. The standard InChI is InChI=1S/C26H18ClN3O4/c1-14-10-11-15(2)21(12-14)29-25(31)17-7-5-6-16-23(17)18(26(29)32)13-22(30(33)34)24(16)28-20-9-4-3-8-19(20)27/h3-13,28H,1-2H3. The van der Waals surface area contributed by atoms with Crippen LogP contribution in [0.4, 0.5) is 22.7 Å². The molecule has 0 saturated heterocycles. The van der Waals surface area contributed by atoms with Gasteiger partial charge in [0.25, 0.3) is 17.5 Å². The number of imide groups is 1. The molecule has 34 heavy (non-hydrogen) atoms. The molecule has 0 unspecified atom stereocenters. The van der Waals surface area contributed by atoms with Crippen LogP contribution in [-0.4, -0.2) is 16.7 Å². The molecule has 1 aliphatic rings. The Balaban J connectivity index is 1.78. The molecule has 0 fully saturated rings. The molecule has 1 N–H and O–H groups in total. The van der Waals surface area contributed by atoms with Crippen molar-refractivity contribution in [2.75, 3.05) is 10.2 Å². The Morgan fingerprint density at radius 2 is 1.65 bits per heavy atom. The molecule has 0 aromatic heterocycles. The van der Waals surface area contributed by atoms with E-state index < -0.39 is 16.7 Å². The molecule has 0 saturated carbocycles. The van der Waals surface area contributed by atoms with E-state index in [2.05, 4.69) is 5.32 Å². The lowest BCUT2D eigenvalue weighted by atomic mass is 9.91. The van der Waals surface area contributed by atoms with Crippen molar-refractivity contribution in [2.45, 2.75) is 13.8 Å². The van der Waals surface area contributed by atoms with Crippen LogP contribution in [0.25, 0.3) is 10.8 Å². The van der Waals surface area contributed by atoms with Gasteiger partial charge in [-0.1, -0.05) is 48.0 Å². The summed E-state index contributed by atoms with van der Waals surface area (Å²) in [4.78, 5) is 39.8. The van der Waals surface area contributed by atoms with Gasteiger partial charge >= 0.3 is 0 Å². The highest BCUT2D eigenvalue weighted by atomic mass is 35.5. The van der Waals surface area contributed by atoms with E-state index in [1.54, 1.807) is 48.5 Å². The van der Waals surface area contributed by atoms with Crippen molar-refractivity contribution in [3.63, 3.8) is 0 Å². The predicted octanol–water partition coefficient (Wildman–Crippen LogP) is 6.56. The average molecular weight is 472 g/mol. The highest BCUT2D eigenvalue weighted by molar-refractivity contribution is 6.37. The van der Waals surface area contributed by atoms with Crippen molar-refractivity contribution in [1.29, 1.82) is 0 Å². The molecule has 2 amide bonds. The number of anilines is 3. The largest absolute Gasteiger partial charge is 0.348 e. The molecule has 0 radical (unpaired) electrons. The summed E-state index contributed by atoms with van der Waals surface area (Å²) in [5.74, 6) is -1.08. The first-order valence-electron chi connectivity index (χ1n) is 10.5. The Labute approximate surface area is 199 Å². The van der Waals surface area contributed by atoms with E-state index in [9.17, 15) is 19.7 Å². The van der Waals surface area contributed by atoms with Crippen molar-refractivity contribution in [1.82, 2.24) is 0 Å². The second kappa shape index (κ2) is 7.97. The second-order valence-electron chi connectivity index (χ2n) is 8.14. The number of aryl methyl sites for hydroxylation is 2. The first-order chi connectivity index (χ1) is 16.3. The summed E-state index contributed by atoms with van der Waals surface area (Å²) in [5, 5.41) is 16.3. The number of carbonyl (C=O) groups excluding carboxylic acids is 2. The van der Waals surface area contributed by atoms with Gasteiger partial charge in [0.15, 0.2) is 0 Å². The Bertz CT molecular complexity index is 1550. The normalized spacial score (nSPS) is 12.9. The lowest BCUT2D eigenvalue weighted by Crippen LogP contribution is -2.41. The Morgan fingerprint density at radius 3 is 2.38 bits per heavy atom. The SMILES string of the molecule is Cc1ccc(C)c(N2C(=O)c3cccc4c(Nc5ccccc5Cl)c([N+](=O)[O-])cc(c34)C2=O)c1. The number of hydrogen-bond donors (Lipinski definition) is 1. The van der Waals surface area contributed by atoms with Crippen LogP contribution >= 0.6 is 11.6 Å². The van der Waals surface area contributed by atoms with Crippen LogP contribution in [0.1, 0.15) is 31.8 Å². The van der Waals surface area contributed by atoms with Crippen LogP contribution in [0, 0.1) is 24.0 Å². The summed E-state index contributed by atoms with van der Waals surface area (Å²) < 4.78 is 0. The zero-order valence-electron chi connectivity index (χ0n) is 18.3. The van der Waals surface area contributed by atoms with E-state index in [0.29, 0.717) is 32.7 Å². The monoisotopic (exact) mass is 471 g/mol. The third-order valence-electron chi connectivity index (χ3n) is 5.94. The molecular weight excluding hydrogens is 454 g/mol. The maximum absolute atomic E-state index is 13.6. The minimum Gasteiger partial charge on any atom is -0.348 e. The fourth-order valence-electron chi connectivity index (χ4n) is 4.30. The van der Waals surface area contributed by atoms with Crippen molar-refractivity contribution in [2.24, 2.45) is 0 Å². The molecule has 0 aliphatic carbocycles. The van der Waals surface area contributed by atoms with Crippen molar-refractivity contribution < 1.29 is 14.5 Å². The topological polar surface area (TPSA) is 92.6 Å². The highest BCUT2D eigenvalue weighted by Gasteiger charge is 2.37. The average Bonchev–Trinajstić information content (AvgIpc) is 2.81. The van der Waals surface area contributed by atoms with Crippen LogP contribution in [0.2, 0.25) is 5.02 Å². The van der Waals surface area contributed by atoms with Crippen molar-refractivity contribution in [3.8, 4) is 0 Å². The lowest BCUT2D eigenvalue weighted by molar-refractivity contribution is -0.383. The van der Waals surface area contributed by atoms with Gasteiger partial charge < -0.3 is 5.32 Å². The third-order valence-corrected chi connectivity index (χ3v) is 6.27. The molecule has 0 spiro atoms. The molecule has 8 heteroatoms. The van der Waals surface area contributed by atoms with Gasteiger partial charge in [0.1, 0.15) is 5.69 Å². The number of nitrogens with zero attached hydrogens (tertiary/aromatic N) is 2. The highest BCUT2D eigenvalue weighted by Crippen LogP contribution is 2.43. The van der Waals surface area contributed by atoms with Gasteiger partial charge in [0.05, 0.1) is 26.9 Å². The van der Waals surface area contributed by atoms with E-state index in [1.807, 2.05) is 26.0 Å². The number of halogens is 1. The van der Waals surface area contributed by atoms with E-state index in [1.165, 1.54) is 6.07 Å². The minimum absolute atomic E-state index is 0.0996. The number of nitro groups is 1. The molecule has 0 atom stereocenters. The number of amides is 2. The number of nitro benzene ring substituents is 1. The van der Waals surface area contributed by atoms with Gasteiger partial charge in [-0.25, -0.2) is 4.90 Å². The zero-order valence-corrected chi connectivity index (χ0v) is 19.0. The van der Waals surface area contributed by atoms with Gasteiger partial charge in [0.2, 0.25) is 0 Å². The van der Waals surface area contributed by atoms with E-state index in [4.69, 9.17) is 11.6 Å². The summed E-state index contributed by atoms with van der Waals surface area (Å²) in [6, 6.07) is 18.5. The Kier molecular flexibility index (Phi) is 5.06. The molecule has 4 aromatic carbocycles. The van der Waals surface area contributed by atoms with Gasteiger partial charge in [0, 0.05) is 22.4 Å². The zero-order chi connectivity index (χ0) is 24.1. The van der Waals surface area contributed by atoms with E-state index in [0.717, 1.165) is 16.0 Å². The molecule has 4 aromatic rings. The quantitative estimate of drug-likeness (QED) is 0.206. The smallest absolute Gasteiger partial charge is 0.294 e. The second-order valence-corrected chi connectivity index (χ2v) is 8.55. The lowest BCUT2D eigenvalue weighted by Gasteiger charge is -2.29. The Morgan fingerprint density at radius 1 is 0.912 bits per heavy atom. The van der Waals surface area contributed by atoms with E-state index >= 15 is 0 Å². The molecule has 1 heterocycles. The molecule has 5 rings (SSSR count). The van der Waals surface area contributed by atoms with E-state index in [-0.39, 0.29) is 16.9 Å². The third kappa shape index (κ3) is 3.29. The van der Waals surface area contributed by atoms with Gasteiger partial charge in [-0.2, -0.15) is 0 Å². The maximum atomic E-state index is 13.6. The molecule has 7 nitrogen and oxygen atoms in total. The Hall–Kier alpha value is -4.23. The molecule has 0 bridgehead atoms. The number of rotatable bonds is 4. The predicted molar refractivity (Wildman–Crippen MR) is 132 cm³/mol. The number of benzene rings is 4. The fraction of sp³-hybridized carbons (Fsp3) is 0.0769. The van der Waals surface area contributed by atoms with Crippen LogP contribution in [0.5, 0.6) is 0 Å². The first-order valence-corrected chi connectivity index (χ1v) is 10.9. The van der Waals surface area contributed by atoms with Crippen molar-refractivity contribution >= 4 is 56.9 Å². The fourth-order valence-corrected chi connectivity index (χ4v) is 4.48. The molecule has 168 valence electrons. The minimum atomic E-state index is -0.602. The van der Waals surface area contributed by atoms with Crippen LogP contribution < -0.4 is 10.2 Å². The number of nitrogens with one attached hydrogen (secondary N) is 1. The van der Waals surface area contributed by atoms with Crippen LogP contribution in [0.15, 0.2) is 66.7 Å². The number of carbonyl (C=O) groups is 2.